The number of amides is 3. The smallest absolute Gasteiger partial charge is 0.306 e. The van der Waals surface area contributed by atoms with Crippen molar-refractivity contribution in [3.05, 3.63) is 64.2 Å². The quantitative estimate of drug-likeness (QED) is 0.460. The summed E-state index contributed by atoms with van der Waals surface area (Å²) in [7, 11) is 0. The van der Waals surface area contributed by atoms with E-state index in [4.69, 9.17) is 16.3 Å². The highest BCUT2D eigenvalue weighted by Gasteiger charge is 2.13. The highest BCUT2D eigenvalue weighted by Crippen LogP contribution is 2.19. The molecule has 0 radical (unpaired) electrons. The van der Waals surface area contributed by atoms with Crippen molar-refractivity contribution in [1.29, 1.82) is 0 Å². The Kier molecular flexibility index (Phi) is 8.37. The molecule has 0 aliphatic carbocycles. The third-order valence-corrected chi connectivity index (χ3v) is 4.34. The number of anilines is 1. The number of hydrogen-bond acceptors (Lipinski definition) is 5. The van der Waals surface area contributed by atoms with Gasteiger partial charge in [0.1, 0.15) is 0 Å². The molecule has 3 N–H and O–H groups in total. The second kappa shape index (κ2) is 11.0. The number of aryl methyl sites for hydroxylation is 2. The van der Waals surface area contributed by atoms with E-state index in [1.54, 1.807) is 12.1 Å². The second-order valence-electron chi connectivity index (χ2n) is 6.48. The van der Waals surface area contributed by atoms with Crippen LogP contribution < -0.4 is 16.2 Å². The molecule has 30 heavy (non-hydrogen) atoms. The van der Waals surface area contributed by atoms with Crippen LogP contribution in [0.25, 0.3) is 0 Å². The Labute approximate surface area is 178 Å². The summed E-state index contributed by atoms with van der Waals surface area (Å²) in [6.07, 6.45) is -0.447. The van der Waals surface area contributed by atoms with Crippen molar-refractivity contribution in [3.8, 4) is 0 Å². The van der Waals surface area contributed by atoms with Gasteiger partial charge < -0.3 is 10.1 Å². The number of nitrogens with one attached hydrogen (secondary N) is 3. The third-order valence-electron chi connectivity index (χ3n) is 4.09. The molecule has 0 fully saturated rings. The van der Waals surface area contributed by atoms with Gasteiger partial charge >= 0.3 is 5.97 Å². The number of hydrazine groups is 1. The average Bonchev–Trinajstić information content (AvgIpc) is 2.72. The Morgan fingerprint density at radius 2 is 1.50 bits per heavy atom. The fourth-order valence-corrected chi connectivity index (χ4v) is 2.61. The number of esters is 1. The van der Waals surface area contributed by atoms with Gasteiger partial charge in [-0.3, -0.25) is 30.0 Å². The molecule has 0 saturated heterocycles. The Balaban J connectivity index is 1.67. The maximum atomic E-state index is 12.0. The lowest BCUT2D eigenvalue weighted by Gasteiger charge is -2.11. The van der Waals surface area contributed by atoms with Crippen LogP contribution in [0.2, 0.25) is 5.02 Å². The summed E-state index contributed by atoms with van der Waals surface area (Å²) < 4.78 is 4.88. The molecule has 0 saturated carbocycles. The zero-order chi connectivity index (χ0) is 22.1. The molecule has 3 amide bonds. The van der Waals surface area contributed by atoms with E-state index in [1.807, 2.05) is 32.0 Å². The summed E-state index contributed by atoms with van der Waals surface area (Å²) in [4.78, 5) is 47.3. The van der Waals surface area contributed by atoms with E-state index >= 15 is 0 Å². The topological polar surface area (TPSA) is 114 Å². The summed E-state index contributed by atoms with van der Waals surface area (Å²) in [5, 5.41) is 3.18. The molecular weight excluding hydrogens is 410 g/mol. The van der Waals surface area contributed by atoms with Crippen molar-refractivity contribution >= 4 is 41.0 Å². The number of ether oxygens (including phenoxy) is 1. The number of hydrogen-bond donors (Lipinski definition) is 3. The summed E-state index contributed by atoms with van der Waals surface area (Å²) in [6.45, 7) is 3.26. The molecule has 2 rings (SSSR count). The Morgan fingerprint density at radius 1 is 0.867 bits per heavy atom. The van der Waals surface area contributed by atoms with Crippen LogP contribution in [-0.2, 0) is 19.1 Å². The molecule has 158 valence electrons. The zero-order valence-corrected chi connectivity index (χ0v) is 17.3. The standard InChI is InChI=1S/C21H22ClN3O5/c1-13-4-3-5-14(2)20(13)23-18(27)12-30-19(28)11-10-17(26)24-25-21(29)15-6-8-16(22)9-7-15/h3-9H,10-12H2,1-2H3,(H,23,27)(H,24,26)(H,25,29). The molecule has 9 heteroatoms. The van der Waals surface area contributed by atoms with Gasteiger partial charge in [-0.25, -0.2) is 0 Å². The molecule has 0 heterocycles. The summed E-state index contributed by atoms with van der Waals surface area (Å²) in [5.74, 6) is -2.27. The molecule has 0 unspecified atom stereocenters. The minimum absolute atomic E-state index is 0.210. The maximum absolute atomic E-state index is 12.0. The SMILES string of the molecule is Cc1cccc(C)c1NC(=O)COC(=O)CCC(=O)NNC(=O)c1ccc(Cl)cc1. The normalized spacial score (nSPS) is 10.1. The van der Waals surface area contributed by atoms with Crippen LogP contribution in [-0.4, -0.2) is 30.3 Å². The van der Waals surface area contributed by atoms with E-state index in [2.05, 4.69) is 16.2 Å². The summed E-state index contributed by atoms with van der Waals surface area (Å²) >= 11 is 5.74. The van der Waals surface area contributed by atoms with Crippen molar-refractivity contribution in [2.45, 2.75) is 26.7 Å². The number of carbonyl (C=O) groups excluding carboxylic acids is 4. The van der Waals surface area contributed by atoms with Gasteiger partial charge in [0.2, 0.25) is 5.91 Å². The monoisotopic (exact) mass is 431 g/mol. The first-order valence-electron chi connectivity index (χ1n) is 9.12. The molecule has 2 aromatic carbocycles. The third kappa shape index (κ3) is 7.21. The van der Waals surface area contributed by atoms with Crippen LogP contribution in [0.5, 0.6) is 0 Å². The Bertz CT molecular complexity index is 924. The van der Waals surface area contributed by atoms with E-state index in [1.165, 1.54) is 12.1 Å². The Morgan fingerprint density at radius 3 is 2.13 bits per heavy atom. The van der Waals surface area contributed by atoms with Gasteiger partial charge in [-0.05, 0) is 49.2 Å². The molecule has 0 aliphatic heterocycles. The van der Waals surface area contributed by atoms with E-state index in [-0.39, 0.29) is 12.8 Å². The van der Waals surface area contributed by atoms with Crippen LogP contribution in [0.4, 0.5) is 5.69 Å². The first-order valence-corrected chi connectivity index (χ1v) is 9.50. The van der Waals surface area contributed by atoms with Crippen LogP contribution in [0.3, 0.4) is 0 Å². The molecule has 0 atom stereocenters. The first-order chi connectivity index (χ1) is 14.3. The molecule has 0 aromatic heterocycles. The number of para-hydroxylation sites is 1. The second-order valence-corrected chi connectivity index (χ2v) is 6.92. The van der Waals surface area contributed by atoms with Gasteiger partial charge in [-0.1, -0.05) is 29.8 Å². The number of carbonyl (C=O) groups is 4. The highest BCUT2D eigenvalue weighted by molar-refractivity contribution is 6.30. The van der Waals surface area contributed by atoms with Gasteiger partial charge in [0.25, 0.3) is 11.8 Å². The fourth-order valence-electron chi connectivity index (χ4n) is 2.48. The lowest BCUT2D eigenvalue weighted by molar-refractivity contribution is -0.148. The van der Waals surface area contributed by atoms with Gasteiger partial charge in [0, 0.05) is 22.7 Å². The minimum Gasteiger partial charge on any atom is -0.456 e. The summed E-state index contributed by atoms with van der Waals surface area (Å²) in [6, 6.07) is 11.7. The van der Waals surface area contributed by atoms with Crippen molar-refractivity contribution in [1.82, 2.24) is 10.9 Å². The molecule has 0 bridgehead atoms. The molecular formula is C21H22ClN3O5. The summed E-state index contributed by atoms with van der Waals surface area (Å²) in [5.41, 5.74) is 7.21. The fraction of sp³-hybridized carbons (Fsp3) is 0.238. The van der Waals surface area contributed by atoms with Crippen molar-refractivity contribution < 1.29 is 23.9 Å². The molecule has 8 nitrogen and oxygen atoms in total. The average molecular weight is 432 g/mol. The molecule has 0 spiro atoms. The molecule has 0 aliphatic rings. The van der Waals surface area contributed by atoms with E-state index in [0.717, 1.165) is 11.1 Å². The van der Waals surface area contributed by atoms with Crippen molar-refractivity contribution in [3.63, 3.8) is 0 Å². The molecule has 2 aromatic rings. The zero-order valence-electron chi connectivity index (χ0n) is 16.6. The number of benzene rings is 2. The van der Waals surface area contributed by atoms with E-state index < -0.39 is 30.3 Å². The highest BCUT2D eigenvalue weighted by atomic mass is 35.5. The van der Waals surface area contributed by atoms with Crippen molar-refractivity contribution in [2.24, 2.45) is 0 Å². The van der Waals surface area contributed by atoms with Crippen molar-refractivity contribution in [2.75, 3.05) is 11.9 Å². The van der Waals surface area contributed by atoms with Gasteiger partial charge in [0.15, 0.2) is 6.61 Å². The van der Waals surface area contributed by atoms with Gasteiger partial charge in [0.05, 0.1) is 6.42 Å². The van der Waals surface area contributed by atoms with E-state index in [0.29, 0.717) is 16.3 Å². The van der Waals surface area contributed by atoms with Crippen LogP contribution in [0.15, 0.2) is 42.5 Å². The first kappa shape index (κ1) is 22.9. The van der Waals surface area contributed by atoms with Crippen LogP contribution in [0, 0.1) is 13.8 Å². The van der Waals surface area contributed by atoms with Gasteiger partial charge in [-0.2, -0.15) is 0 Å². The lowest BCUT2D eigenvalue weighted by atomic mass is 10.1. The minimum atomic E-state index is -0.703. The van der Waals surface area contributed by atoms with E-state index in [9.17, 15) is 19.2 Å². The maximum Gasteiger partial charge on any atom is 0.306 e. The largest absolute Gasteiger partial charge is 0.456 e. The van der Waals surface area contributed by atoms with Gasteiger partial charge in [-0.15, -0.1) is 0 Å². The number of rotatable bonds is 7. The predicted molar refractivity (Wildman–Crippen MR) is 112 cm³/mol. The van der Waals surface area contributed by atoms with Crippen LogP contribution in [0.1, 0.15) is 34.3 Å². The number of halogens is 1. The lowest BCUT2D eigenvalue weighted by Crippen LogP contribution is -2.41. The predicted octanol–water partition coefficient (Wildman–Crippen LogP) is 2.68. The Hall–Kier alpha value is -3.39. The van der Waals surface area contributed by atoms with Crippen LogP contribution >= 0.6 is 11.6 Å².